The van der Waals surface area contributed by atoms with Crippen LogP contribution < -0.4 is 14.4 Å². The van der Waals surface area contributed by atoms with Crippen molar-refractivity contribution in [3.8, 4) is 11.5 Å². The molecular formula is C30H28N2O5S. The first-order chi connectivity index (χ1) is 18.5. The second-order valence-corrected chi connectivity index (χ2v) is 10.00. The summed E-state index contributed by atoms with van der Waals surface area (Å²) in [6.07, 6.45) is 3.18. The monoisotopic (exact) mass is 528 g/mol. The number of carbonyl (C=O) groups excluding carboxylic acids is 2. The normalized spacial score (nSPS) is 16.8. The van der Waals surface area contributed by atoms with Crippen LogP contribution in [-0.4, -0.2) is 35.5 Å². The van der Waals surface area contributed by atoms with Crippen molar-refractivity contribution in [3.63, 3.8) is 0 Å². The summed E-state index contributed by atoms with van der Waals surface area (Å²) in [5.74, 6) is -0.340. The van der Waals surface area contributed by atoms with E-state index >= 15 is 0 Å². The second-order valence-electron chi connectivity index (χ2n) is 8.99. The van der Waals surface area contributed by atoms with Crippen molar-refractivity contribution in [3.05, 3.63) is 89.5 Å². The Morgan fingerprint density at radius 3 is 2.45 bits per heavy atom. The predicted molar refractivity (Wildman–Crippen MR) is 149 cm³/mol. The highest BCUT2D eigenvalue weighted by atomic mass is 32.1. The van der Waals surface area contributed by atoms with Gasteiger partial charge >= 0.3 is 5.91 Å². The Labute approximate surface area is 225 Å². The van der Waals surface area contributed by atoms with E-state index in [0.717, 1.165) is 24.0 Å². The molecule has 1 saturated heterocycles. The summed E-state index contributed by atoms with van der Waals surface area (Å²) < 4.78 is 12.0. The third-order valence-corrected chi connectivity index (χ3v) is 7.51. The van der Waals surface area contributed by atoms with Gasteiger partial charge in [0.1, 0.15) is 17.3 Å². The lowest BCUT2D eigenvalue weighted by Gasteiger charge is -2.23. The first-order valence-corrected chi connectivity index (χ1v) is 13.4. The average molecular weight is 529 g/mol. The first-order valence-electron chi connectivity index (χ1n) is 12.6. The van der Waals surface area contributed by atoms with Crippen LogP contribution in [0.1, 0.15) is 43.4 Å². The standard InChI is InChI=1S/C30H28N2O5S/c1-3-4-8-17-37-21-13-11-19(12-14-21)26-25(27(33)20-9-6-5-7-10-20)28(34)29(35)32(26)30-31-23-16-15-22(36-2)18-24(23)38-30/h5-7,9-16,18,26,33H,3-4,8,17H2,1-2H3/b27-25+. The molecule has 4 aromatic rings. The van der Waals surface area contributed by atoms with Crippen LogP contribution in [0.25, 0.3) is 16.0 Å². The number of ether oxygens (including phenoxy) is 2. The molecular weight excluding hydrogens is 500 g/mol. The van der Waals surface area contributed by atoms with Gasteiger partial charge in [0.2, 0.25) is 0 Å². The number of benzene rings is 3. The van der Waals surface area contributed by atoms with Crippen LogP contribution in [0.4, 0.5) is 5.13 Å². The van der Waals surface area contributed by atoms with Gasteiger partial charge in [-0.15, -0.1) is 0 Å². The van der Waals surface area contributed by atoms with E-state index in [1.54, 1.807) is 37.4 Å². The lowest BCUT2D eigenvalue weighted by molar-refractivity contribution is -0.132. The molecule has 0 saturated carbocycles. The van der Waals surface area contributed by atoms with Crippen molar-refractivity contribution in [1.29, 1.82) is 0 Å². The molecule has 1 aromatic heterocycles. The van der Waals surface area contributed by atoms with E-state index in [1.807, 2.05) is 42.5 Å². The fraction of sp³-hybridized carbons (Fsp3) is 0.233. The molecule has 2 heterocycles. The fourth-order valence-corrected chi connectivity index (χ4v) is 5.53. The maximum atomic E-state index is 13.5. The molecule has 0 bridgehead atoms. The van der Waals surface area contributed by atoms with Crippen LogP contribution in [0.3, 0.4) is 0 Å². The summed E-state index contributed by atoms with van der Waals surface area (Å²) in [5, 5.41) is 11.6. The Morgan fingerprint density at radius 2 is 1.74 bits per heavy atom. The minimum absolute atomic E-state index is 0.0228. The largest absolute Gasteiger partial charge is 0.507 e. The maximum Gasteiger partial charge on any atom is 0.301 e. The smallest absolute Gasteiger partial charge is 0.301 e. The molecule has 38 heavy (non-hydrogen) atoms. The van der Waals surface area contributed by atoms with E-state index in [9.17, 15) is 14.7 Å². The van der Waals surface area contributed by atoms with Gasteiger partial charge in [0.25, 0.3) is 5.78 Å². The van der Waals surface area contributed by atoms with Gasteiger partial charge < -0.3 is 14.6 Å². The van der Waals surface area contributed by atoms with E-state index in [-0.39, 0.29) is 11.3 Å². The number of ketones is 1. The number of hydrogen-bond donors (Lipinski definition) is 1. The number of rotatable bonds is 9. The summed E-state index contributed by atoms with van der Waals surface area (Å²) in [5.41, 5.74) is 1.83. The van der Waals surface area contributed by atoms with Gasteiger partial charge in [-0.25, -0.2) is 4.98 Å². The molecule has 8 heteroatoms. The van der Waals surface area contributed by atoms with Crippen LogP contribution in [0.15, 0.2) is 78.4 Å². The zero-order valence-electron chi connectivity index (χ0n) is 21.2. The molecule has 1 aliphatic rings. The van der Waals surface area contributed by atoms with Crippen LogP contribution in [0, 0.1) is 0 Å². The Bertz CT molecular complexity index is 1490. The van der Waals surface area contributed by atoms with E-state index in [4.69, 9.17) is 9.47 Å². The van der Waals surface area contributed by atoms with Crippen LogP contribution in [-0.2, 0) is 9.59 Å². The number of fused-ring (bicyclic) bond motifs is 1. The van der Waals surface area contributed by atoms with Crippen LogP contribution in [0.5, 0.6) is 11.5 Å². The Balaban J connectivity index is 1.59. The Hall–Kier alpha value is -4.17. The number of unbranched alkanes of at least 4 members (excludes halogenated alkanes) is 2. The number of aliphatic hydroxyl groups excluding tert-OH is 1. The zero-order chi connectivity index (χ0) is 26.6. The van der Waals surface area contributed by atoms with E-state index < -0.39 is 17.7 Å². The summed E-state index contributed by atoms with van der Waals surface area (Å²) in [4.78, 5) is 32.9. The van der Waals surface area contributed by atoms with Crippen molar-refractivity contribution in [2.45, 2.75) is 32.2 Å². The third kappa shape index (κ3) is 4.87. The summed E-state index contributed by atoms with van der Waals surface area (Å²) in [6, 6.07) is 20.7. The Morgan fingerprint density at radius 1 is 1.00 bits per heavy atom. The van der Waals surface area contributed by atoms with Gasteiger partial charge in [-0.2, -0.15) is 0 Å². The van der Waals surface area contributed by atoms with Crippen molar-refractivity contribution in [1.82, 2.24) is 4.98 Å². The molecule has 7 nitrogen and oxygen atoms in total. The number of Topliss-reactive ketones (excluding diaryl/α,β-unsaturated/α-hetero) is 1. The van der Waals surface area contributed by atoms with E-state index in [2.05, 4.69) is 11.9 Å². The molecule has 1 atom stereocenters. The lowest BCUT2D eigenvalue weighted by Crippen LogP contribution is -2.29. The van der Waals surface area contributed by atoms with Crippen molar-refractivity contribution in [2.24, 2.45) is 0 Å². The SMILES string of the molecule is CCCCCOc1ccc(C2/C(=C(\O)c3ccccc3)C(=O)C(=O)N2c2nc3ccc(OC)cc3s2)cc1. The average Bonchev–Trinajstić information content (AvgIpc) is 3.49. The van der Waals surface area contributed by atoms with Crippen molar-refractivity contribution in [2.75, 3.05) is 18.6 Å². The zero-order valence-corrected chi connectivity index (χ0v) is 22.0. The molecule has 194 valence electrons. The highest BCUT2D eigenvalue weighted by molar-refractivity contribution is 7.22. The van der Waals surface area contributed by atoms with Gasteiger partial charge in [-0.3, -0.25) is 14.5 Å². The number of hydrogen-bond acceptors (Lipinski definition) is 7. The minimum Gasteiger partial charge on any atom is -0.507 e. The number of methoxy groups -OCH3 is 1. The molecule has 5 rings (SSSR count). The molecule has 1 unspecified atom stereocenters. The number of amides is 1. The van der Waals surface area contributed by atoms with E-state index in [0.29, 0.717) is 39.9 Å². The summed E-state index contributed by atoms with van der Waals surface area (Å²) >= 11 is 1.29. The number of carbonyl (C=O) groups is 2. The van der Waals surface area contributed by atoms with Gasteiger partial charge in [0.05, 0.1) is 35.5 Å². The Kier molecular flexibility index (Phi) is 7.42. The molecule has 1 amide bonds. The molecule has 3 aromatic carbocycles. The van der Waals surface area contributed by atoms with Crippen LogP contribution >= 0.6 is 11.3 Å². The molecule has 0 spiro atoms. The molecule has 1 fully saturated rings. The molecule has 0 aliphatic carbocycles. The lowest BCUT2D eigenvalue weighted by atomic mass is 9.95. The second kappa shape index (κ2) is 11.1. The highest BCUT2D eigenvalue weighted by Crippen LogP contribution is 2.44. The van der Waals surface area contributed by atoms with Crippen LogP contribution in [0.2, 0.25) is 0 Å². The van der Waals surface area contributed by atoms with Gasteiger partial charge in [-0.1, -0.05) is 73.6 Å². The van der Waals surface area contributed by atoms with Crippen molar-refractivity contribution < 1.29 is 24.2 Å². The number of thiazole rings is 1. The third-order valence-electron chi connectivity index (χ3n) is 6.49. The van der Waals surface area contributed by atoms with Crippen molar-refractivity contribution >= 4 is 44.1 Å². The molecule has 0 radical (unpaired) electrons. The fourth-order valence-electron chi connectivity index (χ4n) is 4.51. The molecule has 1 aliphatic heterocycles. The number of nitrogens with zero attached hydrogens (tertiary/aromatic N) is 2. The number of aromatic nitrogens is 1. The van der Waals surface area contributed by atoms with E-state index in [1.165, 1.54) is 16.2 Å². The predicted octanol–water partition coefficient (Wildman–Crippen LogP) is 6.50. The summed E-state index contributed by atoms with van der Waals surface area (Å²) in [7, 11) is 1.59. The van der Waals surface area contributed by atoms with Gasteiger partial charge in [0.15, 0.2) is 5.13 Å². The quantitative estimate of drug-likeness (QED) is 0.115. The first kappa shape index (κ1) is 25.5. The number of anilines is 1. The highest BCUT2D eigenvalue weighted by Gasteiger charge is 2.48. The minimum atomic E-state index is -0.855. The maximum absolute atomic E-state index is 13.5. The number of aliphatic hydroxyl groups is 1. The summed E-state index contributed by atoms with van der Waals surface area (Å²) in [6.45, 7) is 2.76. The van der Waals surface area contributed by atoms with Gasteiger partial charge in [0, 0.05) is 5.56 Å². The topological polar surface area (TPSA) is 89.0 Å². The van der Waals surface area contributed by atoms with Gasteiger partial charge in [-0.05, 0) is 42.3 Å². The molecule has 1 N–H and O–H groups in total.